The zero-order chi connectivity index (χ0) is 21.1. The fourth-order valence-corrected chi connectivity index (χ4v) is 4.18. The smallest absolute Gasteiger partial charge is 0.166 e. The van der Waals surface area contributed by atoms with E-state index in [2.05, 4.69) is 0 Å². The van der Waals surface area contributed by atoms with Gasteiger partial charge in [0.1, 0.15) is 6.61 Å². The topological polar surface area (TPSA) is 9.23 Å². The number of hydrogen-bond donors (Lipinski definition) is 0. The maximum atomic E-state index is 14.8. The van der Waals surface area contributed by atoms with Crippen LogP contribution in [-0.2, 0) is 6.61 Å². The second kappa shape index (κ2) is 8.95. The summed E-state index contributed by atoms with van der Waals surface area (Å²) in [6, 6.07) is 15.3. The van der Waals surface area contributed by atoms with Crippen molar-refractivity contribution in [2.24, 2.45) is 0 Å². The van der Waals surface area contributed by atoms with Gasteiger partial charge in [-0.25, -0.2) is 13.2 Å². The lowest BCUT2D eigenvalue weighted by atomic mass is 9.83. The van der Waals surface area contributed by atoms with Crippen LogP contribution >= 0.6 is 0 Å². The first-order valence-corrected chi connectivity index (χ1v) is 10.5. The minimum Gasteiger partial charge on any atom is -0.486 e. The Bertz CT molecular complexity index is 1020. The van der Waals surface area contributed by atoms with Gasteiger partial charge in [0, 0.05) is 5.56 Å². The molecular formula is C26H25F3O. The highest BCUT2D eigenvalue weighted by atomic mass is 19.2. The van der Waals surface area contributed by atoms with Gasteiger partial charge >= 0.3 is 0 Å². The van der Waals surface area contributed by atoms with E-state index in [1.807, 2.05) is 6.92 Å². The summed E-state index contributed by atoms with van der Waals surface area (Å²) < 4.78 is 49.0. The first-order chi connectivity index (χ1) is 14.5. The van der Waals surface area contributed by atoms with Crippen molar-refractivity contribution in [3.05, 3.63) is 88.7 Å². The van der Waals surface area contributed by atoms with Crippen LogP contribution in [0, 0.1) is 24.4 Å². The Morgan fingerprint density at radius 2 is 1.57 bits per heavy atom. The number of hydrogen-bond acceptors (Lipinski definition) is 1. The van der Waals surface area contributed by atoms with E-state index in [9.17, 15) is 13.2 Å². The van der Waals surface area contributed by atoms with Gasteiger partial charge in [-0.1, -0.05) is 61.7 Å². The SMILES string of the molecule is Cc1ccc(OCc2ccc(-c3ccc(C4CCCCC4)c(F)c3F)cc2)c(F)c1. The molecule has 1 aliphatic rings. The fourth-order valence-electron chi connectivity index (χ4n) is 4.18. The molecule has 4 rings (SSSR count). The normalized spacial score (nSPS) is 14.7. The lowest BCUT2D eigenvalue weighted by molar-refractivity contribution is 0.290. The maximum Gasteiger partial charge on any atom is 0.166 e. The van der Waals surface area contributed by atoms with Gasteiger partial charge in [0.05, 0.1) is 0 Å². The molecule has 1 aliphatic carbocycles. The highest BCUT2D eigenvalue weighted by Crippen LogP contribution is 2.37. The van der Waals surface area contributed by atoms with E-state index in [0.29, 0.717) is 11.1 Å². The van der Waals surface area contributed by atoms with Gasteiger partial charge in [0.2, 0.25) is 0 Å². The molecule has 0 atom stereocenters. The maximum absolute atomic E-state index is 14.8. The van der Waals surface area contributed by atoms with Crippen molar-refractivity contribution in [1.82, 2.24) is 0 Å². The number of benzene rings is 3. The van der Waals surface area contributed by atoms with Gasteiger partial charge in [0.25, 0.3) is 0 Å². The standard InChI is InChI=1S/C26H25F3O/c1-17-7-14-24(23(27)15-17)30-16-18-8-10-20(11-9-18)22-13-12-21(25(28)26(22)29)19-5-3-2-4-6-19/h7-15,19H,2-6,16H2,1H3. The molecule has 3 aromatic carbocycles. The minimum atomic E-state index is -0.788. The van der Waals surface area contributed by atoms with Crippen LogP contribution in [0.4, 0.5) is 13.2 Å². The molecule has 30 heavy (non-hydrogen) atoms. The Labute approximate surface area is 175 Å². The van der Waals surface area contributed by atoms with Crippen LogP contribution in [0.15, 0.2) is 54.6 Å². The summed E-state index contributed by atoms with van der Waals surface area (Å²) in [5, 5.41) is 0. The van der Waals surface area contributed by atoms with Crippen LogP contribution in [0.25, 0.3) is 11.1 Å². The van der Waals surface area contributed by atoms with E-state index in [-0.39, 0.29) is 23.8 Å². The number of rotatable bonds is 5. The molecule has 3 aromatic rings. The third-order valence-corrected chi connectivity index (χ3v) is 5.90. The average molecular weight is 410 g/mol. The summed E-state index contributed by atoms with van der Waals surface area (Å²) in [7, 11) is 0. The third kappa shape index (κ3) is 4.38. The van der Waals surface area contributed by atoms with Gasteiger partial charge in [0.15, 0.2) is 23.2 Å². The second-order valence-electron chi connectivity index (χ2n) is 8.08. The molecule has 1 saturated carbocycles. The van der Waals surface area contributed by atoms with Crippen molar-refractivity contribution in [3.63, 3.8) is 0 Å². The van der Waals surface area contributed by atoms with Gasteiger partial charge in [-0.15, -0.1) is 0 Å². The molecule has 0 unspecified atom stereocenters. The summed E-state index contributed by atoms with van der Waals surface area (Å²) in [4.78, 5) is 0. The van der Waals surface area contributed by atoms with E-state index < -0.39 is 17.5 Å². The Hall–Kier alpha value is -2.75. The molecule has 1 fully saturated rings. The van der Waals surface area contributed by atoms with E-state index in [4.69, 9.17) is 4.74 Å². The van der Waals surface area contributed by atoms with Gasteiger partial charge in [-0.05, 0) is 60.1 Å². The zero-order valence-corrected chi connectivity index (χ0v) is 17.1. The van der Waals surface area contributed by atoms with Crippen molar-refractivity contribution < 1.29 is 17.9 Å². The molecular weight excluding hydrogens is 385 g/mol. The van der Waals surface area contributed by atoms with Crippen LogP contribution < -0.4 is 4.74 Å². The first-order valence-electron chi connectivity index (χ1n) is 10.5. The third-order valence-electron chi connectivity index (χ3n) is 5.90. The molecule has 0 N–H and O–H groups in total. The zero-order valence-electron chi connectivity index (χ0n) is 17.1. The Morgan fingerprint density at radius 1 is 0.833 bits per heavy atom. The predicted molar refractivity (Wildman–Crippen MR) is 113 cm³/mol. The number of ether oxygens (including phenoxy) is 1. The van der Waals surface area contributed by atoms with Crippen molar-refractivity contribution in [1.29, 1.82) is 0 Å². The summed E-state index contributed by atoms with van der Waals surface area (Å²) >= 11 is 0. The van der Waals surface area contributed by atoms with E-state index in [1.165, 1.54) is 12.5 Å². The molecule has 1 nitrogen and oxygen atoms in total. The molecule has 0 bridgehead atoms. The summed E-state index contributed by atoms with van der Waals surface area (Å²) in [5.74, 6) is -1.60. The fraction of sp³-hybridized carbons (Fsp3) is 0.308. The second-order valence-corrected chi connectivity index (χ2v) is 8.08. The molecule has 4 heteroatoms. The highest BCUT2D eigenvalue weighted by molar-refractivity contribution is 5.65. The van der Waals surface area contributed by atoms with Gasteiger partial charge in [-0.3, -0.25) is 0 Å². The summed E-state index contributed by atoms with van der Waals surface area (Å²) in [6.07, 6.45) is 5.16. The van der Waals surface area contributed by atoms with Gasteiger partial charge in [-0.2, -0.15) is 0 Å². The van der Waals surface area contributed by atoms with E-state index in [0.717, 1.165) is 36.8 Å². The van der Waals surface area contributed by atoms with Crippen molar-refractivity contribution in [2.75, 3.05) is 0 Å². The molecule has 0 heterocycles. The lowest BCUT2D eigenvalue weighted by Crippen LogP contribution is -2.08. The average Bonchev–Trinajstić information content (AvgIpc) is 2.76. The molecule has 0 radical (unpaired) electrons. The lowest BCUT2D eigenvalue weighted by Gasteiger charge is -2.23. The Kier molecular flexibility index (Phi) is 6.12. The molecule has 0 spiro atoms. The monoisotopic (exact) mass is 410 g/mol. The van der Waals surface area contributed by atoms with Crippen molar-refractivity contribution in [2.45, 2.75) is 51.6 Å². The van der Waals surface area contributed by atoms with E-state index >= 15 is 0 Å². The van der Waals surface area contributed by atoms with Crippen LogP contribution in [-0.4, -0.2) is 0 Å². The summed E-state index contributed by atoms with van der Waals surface area (Å²) in [5.41, 5.74) is 3.00. The van der Waals surface area contributed by atoms with Crippen LogP contribution in [0.3, 0.4) is 0 Å². The molecule has 0 amide bonds. The highest BCUT2D eigenvalue weighted by Gasteiger charge is 2.22. The molecule has 0 aliphatic heterocycles. The Morgan fingerprint density at radius 3 is 2.27 bits per heavy atom. The number of halogens is 3. The number of aryl methyl sites for hydroxylation is 1. The van der Waals surface area contributed by atoms with Crippen molar-refractivity contribution in [3.8, 4) is 16.9 Å². The molecule has 0 aromatic heterocycles. The van der Waals surface area contributed by atoms with Crippen LogP contribution in [0.2, 0.25) is 0 Å². The van der Waals surface area contributed by atoms with Crippen LogP contribution in [0.5, 0.6) is 5.75 Å². The Balaban J connectivity index is 1.49. The van der Waals surface area contributed by atoms with Crippen LogP contribution in [0.1, 0.15) is 54.7 Å². The quantitative estimate of drug-likeness (QED) is 0.419. The largest absolute Gasteiger partial charge is 0.486 e. The molecule has 156 valence electrons. The van der Waals surface area contributed by atoms with Gasteiger partial charge < -0.3 is 4.74 Å². The minimum absolute atomic E-state index is 0.115. The predicted octanol–water partition coefficient (Wildman–Crippen LogP) is 7.71. The first kappa shape index (κ1) is 20.5. The molecule has 0 saturated heterocycles. The van der Waals surface area contributed by atoms with Crippen molar-refractivity contribution >= 4 is 0 Å². The summed E-state index contributed by atoms with van der Waals surface area (Å²) in [6.45, 7) is 2.01. The van der Waals surface area contributed by atoms with E-state index in [1.54, 1.807) is 48.5 Å².